The Labute approximate surface area is 139 Å². The predicted octanol–water partition coefficient (Wildman–Crippen LogP) is 3.81. The van der Waals surface area contributed by atoms with Gasteiger partial charge in [0.2, 0.25) is 5.79 Å². The molecule has 1 spiro atoms. The van der Waals surface area contributed by atoms with E-state index in [0.717, 1.165) is 33.1 Å². The molecule has 2 aliphatic heterocycles. The van der Waals surface area contributed by atoms with Crippen molar-refractivity contribution in [2.75, 3.05) is 27.4 Å². The van der Waals surface area contributed by atoms with Crippen LogP contribution in [0.3, 0.4) is 0 Å². The van der Waals surface area contributed by atoms with E-state index in [9.17, 15) is 0 Å². The molecule has 4 rings (SSSR count). The largest absolute Gasteiger partial charge is 0.493 e. The first-order chi connectivity index (χ1) is 11.3. The summed E-state index contributed by atoms with van der Waals surface area (Å²) in [6.07, 6.45) is 0.902. The summed E-state index contributed by atoms with van der Waals surface area (Å²) >= 11 is 1.67. The van der Waals surface area contributed by atoms with Crippen molar-refractivity contribution in [3.05, 3.63) is 47.5 Å². The molecule has 2 aromatic carbocycles. The van der Waals surface area contributed by atoms with Crippen molar-refractivity contribution >= 4 is 11.8 Å². The van der Waals surface area contributed by atoms with E-state index in [1.54, 1.807) is 26.0 Å². The molecule has 1 saturated heterocycles. The Balaban J connectivity index is 1.98. The van der Waals surface area contributed by atoms with E-state index in [1.165, 1.54) is 0 Å². The van der Waals surface area contributed by atoms with Crippen molar-refractivity contribution < 1.29 is 18.9 Å². The SMILES string of the molecule is COc1ccc2c(c1OC)Sc1ccccc1C21OCCCO1. The second kappa shape index (κ2) is 5.74. The molecule has 0 amide bonds. The molecule has 2 aliphatic rings. The van der Waals surface area contributed by atoms with Gasteiger partial charge in [-0.15, -0.1) is 0 Å². The lowest BCUT2D eigenvalue weighted by Gasteiger charge is -2.42. The minimum Gasteiger partial charge on any atom is -0.493 e. The second-order valence-corrected chi connectivity index (χ2v) is 6.50. The first-order valence-electron chi connectivity index (χ1n) is 7.61. The maximum absolute atomic E-state index is 6.20. The van der Waals surface area contributed by atoms with Crippen LogP contribution in [0.15, 0.2) is 46.2 Å². The number of rotatable bonds is 2. The van der Waals surface area contributed by atoms with Gasteiger partial charge in [0.1, 0.15) is 0 Å². The molecule has 23 heavy (non-hydrogen) atoms. The van der Waals surface area contributed by atoms with Crippen LogP contribution in [0.25, 0.3) is 0 Å². The molecule has 0 bridgehead atoms. The number of methoxy groups -OCH3 is 2. The van der Waals surface area contributed by atoms with Crippen LogP contribution in [-0.4, -0.2) is 27.4 Å². The summed E-state index contributed by atoms with van der Waals surface area (Å²) in [5, 5.41) is 0. The Kier molecular flexibility index (Phi) is 3.71. The molecule has 0 aliphatic carbocycles. The third kappa shape index (κ3) is 2.15. The van der Waals surface area contributed by atoms with Crippen LogP contribution in [0.5, 0.6) is 11.5 Å². The summed E-state index contributed by atoms with van der Waals surface area (Å²) in [7, 11) is 3.31. The van der Waals surface area contributed by atoms with Crippen LogP contribution in [0, 0.1) is 0 Å². The monoisotopic (exact) mass is 330 g/mol. The van der Waals surface area contributed by atoms with Crippen molar-refractivity contribution in [2.24, 2.45) is 0 Å². The van der Waals surface area contributed by atoms with Gasteiger partial charge < -0.3 is 18.9 Å². The number of ether oxygens (including phenoxy) is 4. The van der Waals surface area contributed by atoms with Crippen LogP contribution >= 0.6 is 11.8 Å². The first-order valence-corrected chi connectivity index (χ1v) is 8.42. The molecule has 120 valence electrons. The van der Waals surface area contributed by atoms with Gasteiger partial charge in [-0.1, -0.05) is 30.0 Å². The zero-order valence-electron chi connectivity index (χ0n) is 13.1. The summed E-state index contributed by atoms with van der Waals surface area (Å²) < 4.78 is 23.5. The molecule has 0 aromatic heterocycles. The molecule has 2 heterocycles. The van der Waals surface area contributed by atoms with Crippen molar-refractivity contribution in [1.29, 1.82) is 0 Å². The molecule has 4 nitrogen and oxygen atoms in total. The van der Waals surface area contributed by atoms with E-state index < -0.39 is 5.79 Å². The van der Waals surface area contributed by atoms with E-state index in [0.29, 0.717) is 19.0 Å². The molecular weight excluding hydrogens is 312 g/mol. The van der Waals surface area contributed by atoms with Crippen molar-refractivity contribution in [1.82, 2.24) is 0 Å². The molecule has 5 heteroatoms. The maximum atomic E-state index is 6.20. The second-order valence-electron chi connectivity index (χ2n) is 5.44. The summed E-state index contributed by atoms with van der Waals surface area (Å²) in [5.74, 6) is 0.584. The Morgan fingerprint density at radius 1 is 0.957 bits per heavy atom. The van der Waals surface area contributed by atoms with Crippen molar-refractivity contribution in [2.45, 2.75) is 22.0 Å². The fourth-order valence-corrected chi connectivity index (χ4v) is 4.45. The minimum absolute atomic E-state index is 0.673. The highest BCUT2D eigenvalue weighted by Gasteiger charge is 2.46. The van der Waals surface area contributed by atoms with Gasteiger partial charge in [0.25, 0.3) is 0 Å². The highest BCUT2D eigenvalue weighted by molar-refractivity contribution is 7.99. The molecule has 0 saturated carbocycles. The summed E-state index contributed by atoms with van der Waals surface area (Å²) in [5.41, 5.74) is 2.04. The van der Waals surface area contributed by atoms with Gasteiger partial charge in [0.05, 0.1) is 32.3 Å². The van der Waals surface area contributed by atoms with Crippen molar-refractivity contribution in [3.63, 3.8) is 0 Å². The molecule has 0 atom stereocenters. The van der Waals surface area contributed by atoms with Gasteiger partial charge in [-0.3, -0.25) is 0 Å². The first kappa shape index (κ1) is 14.9. The molecule has 0 unspecified atom stereocenters. The Hall–Kier alpha value is -1.69. The van der Waals surface area contributed by atoms with E-state index in [4.69, 9.17) is 18.9 Å². The summed E-state index contributed by atoms with van der Waals surface area (Å²) in [4.78, 5) is 2.11. The zero-order valence-corrected chi connectivity index (χ0v) is 13.9. The maximum Gasteiger partial charge on any atom is 0.224 e. The standard InChI is InChI=1S/C18H18O4S/c1-19-14-9-8-13-17(16(14)20-2)23-15-7-4-3-6-12(15)18(13)21-10-5-11-22-18/h3-4,6-9H,5,10-11H2,1-2H3. The van der Waals surface area contributed by atoms with E-state index in [2.05, 4.69) is 12.1 Å². The zero-order chi connectivity index (χ0) is 15.9. The summed E-state index contributed by atoms with van der Waals surface area (Å²) in [6.45, 7) is 1.35. The van der Waals surface area contributed by atoms with Crippen LogP contribution < -0.4 is 9.47 Å². The van der Waals surface area contributed by atoms with Crippen LogP contribution in [0.1, 0.15) is 17.5 Å². The molecule has 2 aromatic rings. The quantitative estimate of drug-likeness (QED) is 0.837. The van der Waals surface area contributed by atoms with Crippen LogP contribution in [-0.2, 0) is 15.3 Å². The predicted molar refractivity (Wildman–Crippen MR) is 87.4 cm³/mol. The Bertz CT molecular complexity index is 738. The number of hydrogen-bond donors (Lipinski definition) is 0. The van der Waals surface area contributed by atoms with E-state index >= 15 is 0 Å². The third-order valence-corrected chi connectivity index (χ3v) is 5.39. The number of fused-ring (bicyclic) bond motifs is 4. The number of benzene rings is 2. The van der Waals surface area contributed by atoms with E-state index in [1.807, 2.05) is 24.3 Å². The topological polar surface area (TPSA) is 36.9 Å². The van der Waals surface area contributed by atoms with Crippen LogP contribution in [0.2, 0.25) is 0 Å². The van der Waals surface area contributed by atoms with E-state index in [-0.39, 0.29) is 0 Å². The smallest absolute Gasteiger partial charge is 0.224 e. The van der Waals surface area contributed by atoms with Crippen molar-refractivity contribution in [3.8, 4) is 11.5 Å². The lowest BCUT2D eigenvalue weighted by molar-refractivity contribution is -0.252. The number of hydrogen-bond acceptors (Lipinski definition) is 5. The van der Waals surface area contributed by atoms with Gasteiger partial charge in [-0.05, 0) is 24.6 Å². The average Bonchev–Trinajstić information content (AvgIpc) is 2.62. The molecule has 1 fully saturated rings. The normalized spacial score (nSPS) is 18.2. The fourth-order valence-electron chi connectivity index (χ4n) is 3.19. The lowest BCUT2D eigenvalue weighted by atomic mass is 9.94. The van der Waals surface area contributed by atoms with Gasteiger partial charge in [0, 0.05) is 16.0 Å². The molecule has 0 radical (unpaired) electrons. The third-order valence-electron chi connectivity index (χ3n) is 4.21. The van der Waals surface area contributed by atoms with Gasteiger partial charge in [0.15, 0.2) is 11.5 Å². The van der Waals surface area contributed by atoms with Gasteiger partial charge in [-0.2, -0.15) is 0 Å². The summed E-state index contributed by atoms with van der Waals surface area (Å²) in [6, 6.07) is 12.1. The highest BCUT2D eigenvalue weighted by atomic mass is 32.2. The lowest BCUT2D eigenvalue weighted by Crippen LogP contribution is -2.41. The average molecular weight is 330 g/mol. The fraction of sp³-hybridized carbons (Fsp3) is 0.333. The molecule has 0 N–H and O–H groups in total. The molecular formula is C18H18O4S. The van der Waals surface area contributed by atoms with Gasteiger partial charge >= 0.3 is 0 Å². The highest BCUT2D eigenvalue weighted by Crippen LogP contribution is 2.56. The minimum atomic E-state index is -0.852. The van der Waals surface area contributed by atoms with Gasteiger partial charge in [-0.25, -0.2) is 0 Å². The Morgan fingerprint density at radius 3 is 2.48 bits per heavy atom. The van der Waals surface area contributed by atoms with Crippen LogP contribution in [0.4, 0.5) is 0 Å². The Morgan fingerprint density at radius 2 is 1.74 bits per heavy atom.